The molecule has 5 nitrogen and oxygen atoms in total. The normalized spacial score (nSPS) is 11.0. The predicted octanol–water partition coefficient (Wildman–Crippen LogP) is 4.39. The Morgan fingerprint density at radius 1 is 1.04 bits per heavy atom. The summed E-state index contributed by atoms with van der Waals surface area (Å²) in [6.07, 6.45) is 1.93. The first-order chi connectivity index (χ1) is 12.1. The van der Waals surface area contributed by atoms with E-state index in [-0.39, 0.29) is 5.91 Å². The van der Waals surface area contributed by atoms with E-state index in [2.05, 4.69) is 46.6 Å². The van der Waals surface area contributed by atoms with Crippen molar-refractivity contribution in [3.8, 4) is 21.8 Å². The Kier molecular flexibility index (Phi) is 3.82. The second-order valence-electron chi connectivity index (χ2n) is 5.89. The maximum absolute atomic E-state index is 11.1. The number of hydrogen-bond donors (Lipinski definition) is 1. The molecule has 1 amide bonds. The summed E-state index contributed by atoms with van der Waals surface area (Å²) >= 11 is 1.57. The molecule has 124 valence electrons. The molecule has 4 aromatic rings. The molecule has 0 fully saturated rings. The third kappa shape index (κ3) is 3.16. The molecule has 2 aromatic carbocycles. The van der Waals surface area contributed by atoms with Gasteiger partial charge in [-0.3, -0.25) is 4.79 Å². The van der Waals surface area contributed by atoms with Gasteiger partial charge in [0, 0.05) is 23.7 Å². The first-order valence-electron chi connectivity index (χ1n) is 7.90. The number of rotatable bonds is 3. The lowest BCUT2D eigenvalue weighted by Crippen LogP contribution is -2.05. The summed E-state index contributed by atoms with van der Waals surface area (Å²) in [5, 5.41) is 8.34. The minimum absolute atomic E-state index is 0.0805. The SMILES string of the molecule is CC(=O)Nc1ccc(-c2cn3nc(-c4ccc(C)cc4)sc3n2)cc1. The Bertz CT molecular complexity index is 1010. The Labute approximate surface area is 149 Å². The Morgan fingerprint density at radius 3 is 2.36 bits per heavy atom. The van der Waals surface area contributed by atoms with E-state index < -0.39 is 0 Å². The molecule has 0 radical (unpaired) electrons. The first-order valence-corrected chi connectivity index (χ1v) is 8.71. The van der Waals surface area contributed by atoms with Gasteiger partial charge in [-0.25, -0.2) is 9.50 Å². The highest BCUT2D eigenvalue weighted by atomic mass is 32.1. The molecule has 2 aromatic heterocycles. The van der Waals surface area contributed by atoms with E-state index in [4.69, 9.17) is 0 Å². The van der Waals surface area contributed by atoms with E-state index in [1.165, 1.54) is 12.5 Å². The van der Waals surface area contributed by atoms with Crippen molar-refractivity contribution in [1.82, 2.24) is 14.6 Å². The van der Waals surface area contributed by atoms with E-state index in [0.717, 1.165) is 32.5 Å². The number of benzene rings is 2. The summed E-state index contributed by atoms with van der Waals surface area (Å²) in [5.74, 6) is -0.0805. The van der Waals surface area contributed by atoms with Crippen LogP contribution >= 0.6 is 11.3 Å². The zero-order valence-electron chi connectivity index (χ0n) is 13.9. The van der Waals surface area contributed by atoms with Crippen molar-refractivity contribution >= 4 is 27.9 Å². The third-order valence-electron chi connectivity index (χ3n) is 3.84. The summed E-state index contributed by atoms with van der Waals surface area (Å²) in [5.41, 5.74) is 4.96. The topological polar surface area (TPSA) is 59.3 Å². The Hall–Kier alpha value is -2.99. The number of imidazole rings is 1. The van der Waals surface area contributed by atoms with Gasteiger partial charge in [0.05, 0.1) is 11.9 Å². The van der Waals surface area contributed by atoms with Crippen molar-refractivity contribution in [3.63, 3.8) is 0 Å². The van der Waals surface area contributed by atoms with Gasteiger partial charge in [0.25, 0.3) is 0 Å². The molecule has 0 unspecified atom stereocenters. The predicted molar refractivity (Wildman–Crippen MR) is 101 cm³/mol. The summed E-state index contributed by atoms with van der Waals surface area (Å²) in [7, 11) is 0. The fourth-order valence-electron chi connectivity index (χ4n) is 2.58. The average Bonchev–Trinajstić information content (AvgIpc) is 3.14. The Morgan fingerprint density at radius 2 is 1.72 bits per heavy atom. The van der Waals surface area contributed by atoms with Crippen molar-refractivity contribution in [2.45, 2.75) is 13.8 Å². The largest absolute Gasteiger partial charge is 0.326 e. The van der Waals surface area contributed by atoms with Crippen molar-refractivity contribution in [2.24, 2.45) is 0 Å². The molecule has 25 heavy (non-hydrogen) atoms. The van der Waals surface area contributed by atoms with Crippen LogP contribution in [0, 0.1) is 6.92 Å². The van der Waals surface area contributed by atoms with Crippen molar-refractivity contribution in [2.75, 3.05) is 5.32 Å². The van der Waals surface area contributed by atoms with E-state index in [0.29, 0.717) is 0 Å². The number of nitrogens with one attached hydrogen (secondary N) is 1. The van der Waals surface area contributed by atoms with Crippen LogP contribution in [0.2, 0.25) is 0 Å². The number of nitrogens with zero attached hydrogens (tertiary/aromatic N) is 3. The van der Waals surface area contributed by atoms with Gasteiger partial charge in [0.2, 0.25) is 10.9 Å². The molecule has 0 bridgehead atoms. The minimum atomic E-state index is -0.0805. The lowest BCUT2D eigenvalue weighted by molar-refractivity contribution is -0.114. The number of aryl methyl sites for hydroxylation is 1. The fourth-order valence-corrected chi connectivity index (χ4v) is 3.47. The van der Waals surface area contributed by atoms with Crippen molar-refractivity contribution < 1.29 is 4.79 Å². The number of amides is 1. The minimum Gasteiger partial charge on any atom is -0.326 e. The van der Waals surface area contributed by atoms with Gasteiger partial charge in [-0.05, 0) is 19.1 Å². The summed E-state index contributed by atoms with van der Waals surface area (Å²) < 4.78 is 1.82. The summed E-state index contributed by atoms with van der Waals surface area (Å²) in [4.78, 5) is 16.6. The van der Waals surface area contributed by atoms with E-state index >= 15 is 0 Å². The van der Waals surface area contributed by atoms with Gasteiger partial charge < -0.3 is 5.32 Å². The highest BCUT2D eigenvalue weighted by molar-refractivity contribution is 7.19. The molecular weight excluding hydrogens is 332 g/mol. The van der Waals surface area contributed by atoms with E-state index in [1.54, 1.807) is 11.3 Å². The third-order valence-corrected chi connectivity index (χ3v) is 4.81. The zero-order chi connectivity index (χ0) is 17.4. The molecule has 0 aliphatic heterocycles. The number of anilines is 1. The van der Waals surface area contributed by atoms with Crippen molar-refractivity contribution in [1.29, 1.82) is 0 Å². The number of fused-ring (bicyclic) bond motifs is 1. The highest BCUT2D eigenvalue weighted by Gasteiger charge is 2.11. The molecule has 1 N–H and O–H groups in total. The quantitative estimate of drug-likeness (QED) is 0.597. The van der Waals surface area contributed by atoms with E-state index in [1.807, 2.05) is 35.0 Å². The van der Waals surface area contributed by atoms with Crippen molar-refractivity contribution in [3.05, 3.63) is 60.3 Å². The van der Waals surface area contributed by atoms with Crippen LogP contribution in [0.5, 0.6) is 0 Å². The second-order valence-corrected chi connectivity index (χ2v) is 6.84. The summed E-state index contributed by atoms with van der Waals surface area (Å²) in [6.45, 7) is 3.57. The van der Waals surface area contributed by atoms with Gasteiger partial charge in [0.1, 0.15) is 5.01 Å². The average molecular weight is 348 g/mol. The molecule has 0 aliphatic rings. The molecule has 0 aliphatic carbocycles. The molecule has 0 atom stereocenters. The van der Waals surface area contributed by atoms with Crippen LogP contribution in [-0.2, 0) is 4.79 Å². The van der Waals surface area contributed by atoms with E-state index in [9.17, 15) is 4.79 Å². The van der Waals surface area contributed by atoms with Crippen LogP contribution < -0.4 is 5.32 Å². The fraction of sp³-hybridized carbons (Fsp3) is 0.105. The molecule has 0 saturated carbocycles. The number of carbonyl (C=O) groups excluding carboxylic acids is 1. The smallest absolute Gasteiger partial charge is 0.221 e. The van der Waals surface area contributed by atoms with Crippen LogP contribution in [0.4, 0.5) is 5.69 Å². The number of carbonyl (C=O) groups is 1. The van der Waals surface area contributed by atoms with Crippen LogP contribution in [0.3, 0.4) is 0 Å². The van der Waals surface area contributed by atoms with Gasteiger partial charge in [-0.1, -0.05) is 53.3 Å². The molecule has 6 heteroatoms. The van der Waals surface area contributed by atoms with Gasteiger partial charge in [-0.2, -0.15) is 5.10 Å². The van der Waals surface area contributed by atoms with Crippen LogP contribution in [0.15, 0.2) is 54.7 Å². The number of hydrogen-bond acceptors (Lipinski definition) is 4. The second kappa shape index (κ2) is 6.14. The first kappa shape index (κ1) is 15.5. The van der Waals surface area contributed by atoms with Crippen LogP contribution in [0.1, 0.15) is 12.5 Å². The lowest BCUT2D eigenvalue weighted by Gasteiger charge is -2.02. The molecule has 2 heterocycles. The number of aromatic nitrogens is 3. The zero-order valence-corrected chi connectivity index (χ0v) is 14.7. The van der Waals surface area contributed by atoms with Crippen LogP contribution in [-0.4, -0.2) is 20.5 Å². The highest BCUT2D eigenvalue weighted by Crippen LogP contribution is 2.28. The van der Waals surface area contributed by atoms with Crippen LogP contribution in [0.25, 0.3) is 26.8 Å². The molecule has 4 rings (SSSR count). The molecular formula is C19H16N4OS. The lowest BCUT2D eigenvalue weighted by atomic mass is 10.1. The van der Waals surface area contributed by atoms with Gasteiger partial charge in [0.15, 0.2) is 0 Å². The monoisotopic (exact) mass is 348 g/mol. The van der Waals surface area contributed by atoms with Gasteiger partial charge in [-0.15, -0.1) is 0 Å². The van der Waals surface area contributed by atoms with Gasteiger partial charge >= 0.3 is 0 Å². The standard InChI is InChI=1S/C19H16N4OS/c1-12-3-5-15(6-4-12)18-22-23-11-17(21-19(23)25-18)14-7-9-16(10-8-14)20-13(2)24/h3-11H,1-2H3,(H,20,24). The Balaban J connectivity index is 1.62. The molecule has 0 saturated heterocycles. The molecule has 0 spiro atoms. The maximum atomic E-state index is 11.1. The maximum Gasteiger partial charge on any atom is 0.221 e. The summed E-state index contributed by atoms with van der Waals surface area (Å²) in [6, 6.07) is 16.0.